The maximum absolute atomic E-state index is 6.17. The van der Waals surface area contributed by atoms with E-state index in [1.165, 1.54) is 19.3 Å². The molecule has 0 heterocycles. The second-order valence-electron chi connectivity index (χ2n) is 4.98. The maximum atomic E-state index is 6.17. The van der Waals surface area contributed by atoms with E-state index in [1.807, 2.05) is 24.3 Å². The van der Waals surface area contributed by atoms with Crippen LogP contribution in [0.3, 0.4) is 0 Å². The van der Waals surface area contributed by atoms with Crippen molar-refractivity contribution >= 4 is 11.6 Å². The number of nitrogens with two attached hydrogens (primary N) is 1. The SMILES string of the molecule is CCCCCCOC(c1ccc(Cl)cc1)C(N)CC. The minimum atomic E-state index is -0.0242. The van der Waals surface area contributed by atoms with Gasteiger partial charge in [0.05, 0.1) is 6.10 Å². The number of benzene rings is 1. The van der Waals surface area contributed by atoms with E-state index in [0.717, 1.165) is 30.0 Å². The van der Waals surface area contributed by atoms with Gasteiger partial charge in [-0.05, 0) is 30.5 Å². The van der Waals surface area contributed by atoms with Gasteiger partial charge in [-0.15, -0.1) is 0 Å². The van der Waals surface area contributed by atoms with Crippen molar-refractivity contribution in [3.63, 3.8) is 0 Å². The molecule has 0 saturated carbocycles. The number of rotatable bonds is 9. The van der Waals surface area contributed by atoms with E-state index in [0.29, 0.717) is 0 Å². The fraction of sp³-hybridized carbons (Fsp3) is 0.625. The zero-order valence-corrected chi connectivity index (χ0v) is 12.8. The summed E-state index contributed by atoms with van der Waals surface area (Å²) in [5, 5.41) is 0.746. The van der Waals surface area contributed by atoms with E-state index in [4.69, 9.17) is 22.1 Å². The molecular weight excluding hydrogens is 258 g/mol. The van der Waals surface area contributed by atoms with Crippen LogP contribution in [0.25, 0.3) is 0 Å². The highest BCUT2D eigenvalue weighted by Gasteiger charge is 2.18. The van der Waals surface area contributed by atoms with Crippen LogP contribution in [0.1, 0.15) is 57.6 Å². The first-order valence-corrected chi connectivity index (χ1v) is 7.69. The van der Waals surface area contributed by atoms with Crippen molar-refractivity contribution < 1.29 is 4.74 Å². The van der Waals surface area contributed by atoms with E-state index >= 15 is 0 Å². The molecule has 0 spiro atoms. The van der Waals surface area contributed by atoms with Gasteiger partial charge in [0.15, 0.2) is 0 Å². The molecule has 2 nitrogen and oxygen atoms in total. The zero-order chi connectivity index (χ0) is 14.1. The normalized spacial score (nSPS) is 14.3. The number of unbranched alkanes of at least 4 members (excludes halogenated alkanes) is 3. The Hall–Kier alpha value is -0.570. The van der Waals surface area contributed by atoms with Gasteiger partial charge in [0.25, 0.3) is 0 Å². The molecule has 1 aromatic carbocycles. The average Bonchev–Trinajstić information content (AvgIpc) is 2.43. The van der Waals surface area contributed by atoms with E-state index in [-0.39, 0.29) is 12.1 Å². The second kappa shape index (κ2) is 9.35. The van der Waals surface area contributed by atoms with Crippen LogP contribution in [0.5, 0.6) is 0 Å². The van der Waals surface area contributed by atoms with Gasteiger partial charge < -0.3 is 10.5 Å². The molecule has 0 amide bonds. The van der Waals surface area contributed by atoms with Crippen molar-refractivity contribution in [2.24, 2.45) is 5.73 Å². The molecule has 0 aliphatic rings. The molecule has 1 aromatic rings. The lowest BCUT2D eigenvalue weighted by Gasteiger charge is -2.24. The Morgan fingerprint density at radius 2 is 1.79 bits per heavy atom. The van der Waals surface area contributed by atoms with E-state index in [9.17, 15) is 0 Å². The standard InChI is InChI=1S/C16H26ClNO/c1-3-5-6-7-12-19-16(15(18)4-2)13-8-10-14(17)11-9-13/h8-11,15-16H,3-7,12,18H2,1-2H3. The highest BCUT2D eigenvalue weighted by atomic mass is 35.5. The molecule has 2 atom stereocenters. The summed E-state index contributed by atoms with van der Waals surface area (Å²) in [6.45, 7) is 5.08. The topological polar surface area (TPSA) is 35.2 Å². The number of ether oxygens (including phenoxy) is 1. The van der Waals surface area contributed by atoms with Gasteiger partial charge >= 0.3 is 0 Å². The third kappa shape index (κ3) is 5.94. The van der Waals surface area contributed by atoms with Crippen molar-refractivity contribution in [2.75, 3.05) is 6.61 Å². The van der Waals surface area contributed by atoms with Gasteiger partial charge in [-0.2, -0.15) is 0 Å². The summed E-state index contributed by atoms with van der Waals surface area (Å²) in [4.78, 5) is 0. The largest absolute Gasteiger partial charge is 0.372 e. The molecule has 3 heteroatoms. The lowest BCUT2D eigenvalue weighted by atomic mass is 10.0. The van der Waals surface area contributed by atoms with Crippen LogP contribution < -0.4 is 5.73 Å². The van der Waals surface area contributed by atoms with Crippen LogP contribution in [0.15, 0.2) is 24.3 Å². The summed E-state index contributed by atoms with van der Waals surface area (Å²) in [6, 6.07) is 7.84. The monoisotopic (exact) mass is 283 g/mol. The molecule has 2 unspecified atom stereocenters. The highest BCUT2D eigenvalue weighted by molar-refractivity contribution is 6.30. The minimum absolute atomic E-state index is 0.0242. The minimum Gasteiger partial charge on any atom is -0.372 e. The van der Waals surface area contributed by atoms with Gasteiger partial charge in [0, 0.05) is 17.7 Å². The van der Waals surface area contributed by atoms with Gasteiger partial charge in [-0.3, -0.25) is 0 Å². The van der Waals surface area contributed by atoms with Crippen LogP contribution in [0.2, 0.25) is 5.02 Å². The van der Waals surface area contributed by atoms with Crippen molar-refractivity contribution in [3.05, 3.63) is 34.9 Å². The molecular formula is C16H26ClNO. The summed E-state index contributed by atoms with van der Waals surface area (Å²) in [6.07, 6.45) is 5.73. The Balaban J connectivity index is 2.54. The highest BCUT2D eigenvalue weighted by Crippen LogP contribution is 2.24. The van der Waals surface area contributed by atoms with Gasteiger partial charge in [0.1, 0.15) is 0 Å². The molecule has 0 aromatic heterocycles. The fourth-order valence-corrected chi connectivity index (χ4v) is 2.20. The van der Waals surface area contributed by atoms with Gasteiger partial charge in [0.2, 0.25) is 0 Å². The van der Waals surface area contributed by atoms with E-state index in [1.54, 1.807) is 0 Å². The van der Waals surface area contributed by atoms with Crippen LogP contribution in [0, 0.1) is 0 Å². The Labute approximate surface area is 122 Å². The van der Waals surface area contributed by atoms with Crippen LogP contribution in [-0.4, -0.2) is 12.6 Å². The van der Waals surface area contributed by atoms with E-state index < -0.39 is 0 Å². The second-order valence-corrected chi connectivity index (χ2v) is 5.41. The van der Waals surface area contributed by atoms with Crippen LogP contribution >= 0.6 is 11.6 Å². The maximum Gasteiger partial charge on any atom is 0.0975 e. The molecule has 1 rings (SSSR count). The van der Waals surface area contributed by atoms with Crippen molar-refractivity contribution in [1.82, 2.24) is 0 Å². The zero-order valence-electron chi connectivity index (χ0n) is 12.1. The van der Waals surface area contributed by atoms with E-state index in [2.05, 4.69) is 13.8 Å². The predicted octanol–water partition coefficient (Wildman–Crippen LogP) is 4.72. The lowest BCUT2D eigenvalue weighted by Crippen LogP contribution is -2.29. The first kappa shape index (κ1) is 16.5. The molecule has 2 N–H and O–H groups in total. The Morgan fingerprint density at radius 1 is 1.11 bits per heavy atom. The van der Waals surface area contributed by atoms with Gasteiger partial charge in [-0.1, -0.05) is 56.8 Å². The number of hydrogen-bond acceptors (Lipinski definition) is 2. The summed E-state index contributed by atoms with van der Waals surface area (Å²) in [5.74, 6) is 0. The summed E-state index contributed by atoms with van der Waals surface area (Å²) in [7, 11) is 0. The smallest absolute Gasteiger partial charge is 0.0975 e. The predicted molar refractivity (Wildman–Crippen MR) is 82.6 cm³/mol. The first-order valence-electron chi connectivity index (χ1n) is 7.31. The van der Waals surface area contributed by atoms with Crippen LogP contribution in [0.4, 0.5) is 0 Å². The Bertz CT molecular complexity index is 339. The van der Waals surface area contributed by atoms with Crippen molar-refractivity contribution in [3.8, 4) is 0 Å². The summed E-state index contributed by atoms with van der Waals surface area (Å²) < 4.78 is 6.00. The molecule has 19 heavy (non-hydrogen) atoms. The average molecular weight is 284 g/mol. The van der Waals surface area contributed by atoms with Crippen molar-refractivity contribution in [1.29, 1.82) is 0 Å². The van der Waals surface area contributed by atoms with Crippen molar-refractivity contribution in [2.45, 2.75) is 58.1 Å². The Morgan fingerprint density at radius 3 is 2.37 bits per heavy atom. The third-order valence-corrected chi connectivity index (χ3v) is 3.61. The molecule has 0 aliphatic heterocycles. The number of halogens is 1. The number of hydrogen-bond donors (Lipinski definition) is 1. The summed E-state index contributed by atoms with van der Waals surface area (Å²) >= 11 is 5.92. The first-order chi connectivity index (χ1) is 9.19. The molecule has 0 bridgehead atoms. The van der Waals surface area contributed by atoms with Gasteiger partial charge in [-0.25, -0.2) is 0 Å². The molecule has 0 saturated heterocycles. The molecule has 0 fully saturated rings. The lowest BCUT2D eigenvalue weighted by molar-refractivity contribution is 0.0311. The fourth-order valence-electron chi connectivity index (χ4n) is 2.07. The molecule has 108 valence electrons. The molecule has 0 radical (unpaired) electrons. The molecule has 0 aliphatic carbocycles. The summed E-state index contributed by atoms with van der Waals surface area (Å²) in [5.41, 5.74) is 7.29. The third-order valence-electron chi connectivity index (χ3n) is 3.35. The quantitative estimate of drug-likeness (QED) is 0.666. The van der Waals surface area contributed by atoms with Crippen LogP contribution in [-0.2, 0) is 4.74 Å². The Kier molecular flexibility index (Phi) is 8.11.